The third kappa shape index (κ3) is 2.09. The molecular weight excluding hydrogens is 285 g/mol. The van der Waals surface area contributed by atoms with E-state index in [2.05, 4.69) is 15.9 Å². The molecule has 0 aromatic heterocycles. The Morgan fingerprint density at radius 2 is 1.50 bits per heavy atom. The van der Waals surface area contributed by atoms with Crippen LogP contribution >= 0.6 is 15.9 Å². The Morgan fingerprint density at radius 3 is 1.86 bits per heavy atom. The molecule has 0 fully saturated rings. The summed E-state index contributed by atoms with van der Waals surface area (Å²) in [6.07, 6.45) is 0. The van der Waals surface area contributed by atoms with Crippen molar-refractivity contribution in [3.63, 3.8) is 0 Å². The van der Waals surface area contributed by atoms with Crippen molar-refractivity contribution in [1.29, 1.82) is 0 Å². The summed E-state index contributed by atoms with van der Waals surface area (Å²) in [5, 5.41) is 0. The van der Waals surface area contributed by atoms with E-state index in [1.807, 2.05) is 0 Å². The molecule has 0 unspecified atom stereocenters. The second-order valence-electron chi connectivity index (χ2n) is 2.40. The molecule has 0 aliphatic heterocycles. The van der Waals surface area contributed by atoms with Gasteiger partial charge in [-0.25, -0.2) is 8.42 Å². The fraction of sp³-hybridized carbons (Fsp3) is 0.143. The highest BCUT2D eigenvalue weighted by Gasteiger charge is 2.46. The molecule has 14 heavy (non-hydrogen) atoms. The molecule has 2 nitrogen and oxygen atoms in total. The maximum atomic E-state index is 12.0. The van der Waals surface area contributed by atoms with E-state index in [0.29, 0.717) is 4.47 Å². The molecule has 0 spiro atoms. The Bertz CT molecular complexity index is 421. The van der Waals surface area contributed by atoms with Gasteiger partial charge >= 0.3 is 5.51 Å². The molecule has 1 aromatic rings. The van der Waals surface area contributed by atoms with Gasteiger partial charge in [0.05, 0.1) is 4.90 Å². The summed E-state index contributed by atoms with van der Waals surface area (Å²) in [7, 11) is -5.21. The largest absolute Gasteiger partial charge is 0.501 e. The van der Waals surface area contributed by atoms with Crippen molar-refractivity contribution in [1.82, 2.24) is 0 Å². The summed E-state index contributed by atoms with van der Waals surface area (Å²) in [6, 6.07) is 4.26. The van der Waals surface area contributed by atoms with Crippen LogP contribution in [0.3, 0.4) is 0 Å². The van der Waals surface area contributed by atoms with Gasteiger partial charge in [0, 0.05) is 4.47 Å². The van der Waals surface area contributed by atoms with Crippen molar-refractivity contribution >= 4 is 25.8 Å². The molecule has 0 saturated heterocycles. The molecule has 0 radical (unpaired) electrons. The molecule has 7 heteroatoms. The molecule has 0 saturated carbocycles. The zero-order valence-corrected chi connectivity index (χ0v) is 8.95. The fourth-order valence-corrected chi connectivity index (χ4v) is 1.77. The number of benzene rings is 1. The van der Waals surface area contributed by atoms with E-state index in [0.717, 1.165) is 12.1 Å². The van der Waals surface area contributed by atoms with Crippen LogP contribution < -0.4 is 0 Å². The van der Waals surface area contributed by atoms with Gasteiger partial charge in [0.1, 0.15) is 0 Å². The van der Waals surface area contributed by atoms with Crippen LogP contribution in [0.25, 0.3) is 0 Å². The molecule has 78 valence electrons. The predicted molar refractivity (Wildman–Crippen MR) is 47.4 cm³/mol. The average Bonchev–Trinajstić information content (AvgIpc) is 2.03. The minimum Gasteiger partial charge on any atom is -0.214 e. The van der Waals surface area contributed by atoms with Gasteiger partial charge in [0.25, 0.3) is 9.84 Å². The fourth-order valence-electron chi connectivity index (χ4n) is 0.747. The van der Waals surface area contributed by atoms with E-state index in [1.54, 1.807) is 0 Å². The van der Waals surface area contributed by atoms with E-state index in [-0.39, 0.29) is 0 Å². The van der Waals surface area contributed by atoms with Crippen LogP contribution in [0.1, 0.15) is 0 Å². The van der Waals surface area contributed by atoms with Crippen molar-refractivity contribution in [3.05, 3.63) is 28.7 Å². The first-order valence-corrected chi connectivity index (χ1v) is 5.60. The highest BCUT2D eigenvalue weighted by molar-refractivity contribution is 9.10. The third-order valence-electron chi connectivity index (χ3n) is 1.43. The second-order valence-corrected chi connectivity index (χ2v) is 5.26. The lowest BCUT2D eigenvalue weighted by Crippen LogP contribution is -2.23. The molecule has 0 N–H and O–H groups in total. The Morgan fingerprint density at radius 1 is 1.07 bits per heavy atom. The molecular formula is C7H4BrF3O2S. The quantitative estimate of drug-likeness (QED) is 0.796. The van der Waals surface area contributed by atoms with Crippen molar-refractivity contribution in [2.45, 2.75) is 10.4 Å². The van der Waals surface area contributed by atoms with E-state index in [1.165, 1.54) is 12.1 Å². The number of alkyl halides is 3. The normalized spacial score (nSPS) is 12.9. The van der Waals surface area contributed by atoms with Crippen molar-refractivity contribution < 1.29 is 21.6 Å². The SMILES string of the molecule is O=S(=O)(c1ccc(Br)cc1)C(F)(F)F. The summed E-state index contributed by atoms with van der Waals surface area (Å²) < 4.78 is 58.2. The monoisotopic (exact) mass is 288 g/mol. The minimum atomic E-state index is -5.25. The number of hydrogen-bond acceptors (Lipinski definition) is 2. The van der Waals surface area contributed by atoms with Crippen LogP contribution in [0.5, 0.6) is 0 Å². The molecule has 0 aliphatic carbocycles. The highest BCUT2D eigenvalue weighted by Crippen LogP contribution is 2.30. The number of hydrogen-bond donors (Lipinski definition) is 0. The van der Waals surface area contributed by atoms with Crippen molar-refractivity contribution in [2.24, 2.45) is 0 Å². The van der Waals surface area contributed by atoms with Gasteiger partial charge in [0.15, 0.2) is 0 Å². The molecule has 1 rings (SSSR count). The topological polar surface area (TPSA) is 34.1 Å². The van der Waals surface area contributed by atoms with Crippen molar-refractivity contribution in [2.75, 3.05) is 0 Å². The van der Waals surface area contributed by atoms with E-state index in [9.17, 15) is 21.6 Å². The maximum absolute atomic E-state index is 12.0. The standard InChI is InChI=1S/C7H4BrF3O2S/c8-5-1-3-6(4-2-5)14(12,13)7(9,10)11/h1-4H. The van der Waals surface area contributed by atoms with Crippen LogP contribution in [0.2, 0.25) is 0 Å². The number of sulfone groups is 1. The highest BCUT2D eigenvalue weighted by atomic mass is 79.9. The van der Waals surface area contributed by atoms with E-state index < -0.39 is 20.2 Å². The molecule has 0 amide bonds. The zero-order valence-electron chi connectivity index (χ0n) is 6.55. The lowest BCUT2D eigenvalue weighted by Gasteiger charge is -2.07. The Hall–Kier alpha value is -0.560. The number of rotatable bonds is 1. The first-order valence-electron chi connectivity index (χ1n) is 3.32. The Balaban J connectivity index is 3.25. The van der Waals surface area contributed by atoms with Crippen LogP contribution in [0.15, 0.2) is 33.6 Å². The van der Waals surface area contributed by atoms with Crippen LogP contribution in [-0.4, -0.2) is 13.9 Å². The van der Waals surface area contributed by atoms with Crippen LogP contribution in [-0.2, 0) is 9.84 Å². The maximum Gasteiger partial charge on any atom is 0.501 e. The lowest BCUT2D eigenvalue weighted by molar-refractivity contribution is -0.0436. The summed E-state index contributed by atoms with van der Waals surface area (Å²) in [6.45, 7) is 0. The molecule has 1 aromatic carbocycles. The van der Waals surface area contributed by atoms with Gasteiger partial charge in [0.2, 0.25) is 0 Å². The zero-order chi connectivity index (χ0) is 11.0. The first-order chi connectivity index (χ1) is 6.25. The molecule has 0 atom stereocenters. The summed E-state index contributed by atoms with van der Waals surface area (Å²) in [5.41, 5.74) is -5.25. The van der Waals surface area contributed by atoms with Crippen molar-refractivity contribution in [3.8, 4) is 0 Å². The van der Waals surface area contributed by atoms with Gasteiger partial charge in [-0.05, 0) is 24.3 Å². The van der Waals surface area contributed by atoms with Crippen LogP contribution in [0.4, 0.5) is 13.2 Å². The van der Waals surface area contributed by atoms with Gasteiger partial charge in [-0.2, -0.15) is 13.2 Å². The average molecular weight is 289 g/mol. The van der Waals surface area contributed by atoms with Gasteiger partial charge in [-0.1, -0.05) is 15.9 Å². The Labute approximate surface area is 86.8 Å². The smallest absolute Gasteiger partial charge is 0.214 e. The molecule has 0 bridgehead atoms. The van der Waals surface area contributed by atoms with E-state index >= 15 is 0 Å². The first kappa shape index (κ1) is 11.5. The van der Waals surface area contributed by atoms with Gasteiger partial charge in [-0.15, -0.1) is 0 Å². The summed E-state index contributed by atoms with van der Waals surface area (Å²) in [5.74, 6) is 0. The minimum absolute atomic E-state index is 0.513. The third-order valence-corrected chi connectivity index (χ3v) is 3.46. The summed E-state index contributed by atoms with van der Waals surface area (Å²) in [4.78, 5) is -0.756. The molecule has 0 aliphatic rings. The predicted octanol–water partition coefficient (Wildman–Crippen LogP) is 2.74. The Kier molecular flexibility index (Phi) is 2.91. The van der Waals surface area contributed by atoms with Crippen LogP contribution in [0, 0.1) is 0 Å². The second kappa shape index (κ2) is 3.54. The van der Waals surface area contributed by atoms with Gasteiger partial charge < -0.3 is 0 Å². The van der Waals surface area contributed by atoms with Gasteiger partial charge in [-0.3, -0.25) is 0 Å². The lowest BCUT2D eigenvalue weighted by atomic mass is 10.4. The number of halogens is 4. The summed E-state index contributed by atoms with van der Waals surface area (Å²) >= 11 is 2.99. The van der Waals surface area contributed by atoms with E-state index in [4.69, 9.17) is 0 Å². The molecule has 0 heterocycles.